The van der Waals surface area contributed by atoms with E-state index in [-0.39, 0.29) is 5.91 Å². The van der Waals surface area contributed by atoms with Gasteiger partial charge in [0.05, 0.1) is 5.41 Å². The monoisotopic (exact) mass is 276 g/mol. The minimum absolute atomic E-state index is 0.0979. The molecule has 0 radical (unpaired) electrons. The molecule has 0 spiro atoms. The average Bonchev–Trinajstić information content (AvgIpc) is 2.80. The van der Waals surface area contributed by atoms with E-state index in [1.807, 2.05) is 17.9 Å². The van der Waals surface area contributed by atoms with Crippen LogP contribution in [0.25, 0.3) is 0 Å². The Morgan fingerprint density at radius 1 is 1.35 bits per heavy atom. The topological polar surface area (TPSA) is 23.6 Å². The third-order valence-corrected chi connectivity index (χ3v) is 4.88. The zero-order valence-corrected chi connectivity index (χ0v) is 11.6. The van der Waals surface area contributed by atoms with Crippen LogP contribution in [-0.2, 0) is 4.79 Å². The number of piperazine rings is 1. The van der Waals surface area contributed by atoms with Crippen LogP contribution in [0.5, 0.6) is 0 Å². The Hall–Kier alpha value is -0.250. The van der Waals surface area contributed by atoms with Crippen LogP contribution in [0.2, 0.25) is 0 Å². The van der Waals surface area contributed by atoms with Gasteiger partial charge in [0, 0.05) is 32.7 Å². The average molecular weight is 277 g/mol. The van der Waals surface area contributed by atoms with Crippen molar-refractivity contribution in [2.75, 3.05) is 32.7 Å². The number of amides is 1. The number of alkyl halides is 2. The standard InChI is InChI=1S/C12H18Cl2N2O/c1-3-4-15-5-7-16(8-6-15)10(17)11(2)9-12(11,13)14/h3H,1,4-9H2,2H3/t11-/m0/s1. The van der Waals surface area contributed by atoms with Crippen molar-refractivity contribution in [1.82, 2.24) is 9.80 Å². The SMILES string of the molecule is C=CCN1CCN(C(=O)[C@]2(C)CC2(Cl)Cl)CC1. The summed E-state index contributed by atoms with van der Waals surface area (Å²) in [6.07, 6.45) is 2.46. The van der Waals surface area contributed by atoms with Gasteiger partial charge < -0.3 is 4.90 Å². The van der Waals surface area contributed by atoms with E-state index >= 15 is 0 Å². The van der Waals surface area contributed by atoms with Gasteiger partial charge in [-0.15, -0.1) is 29.8 Å². The Balaban J connectivity index is 1.90. The summed E-state index contributed by atoms with van der Waals surface area (Å²) < 4.78 is -0.859. The molecule has 2 aliphatic rings. The molecule has 0 aromatic carbocycles. The van der Waals surface area contributed by atoms with Crippen molar-refractivity contribution in [2.24, 2.45) is 5.41 Å². The lowest BCUT2D eigenvalue weighted by Crippen LogP contribution is -2.51. The fourth-order valence-electron chi connectivity index (χ4n) is 2.30. The van der Waals surface area contributed by atoms with Crippen LogP contribution in [0.4, 0.5) is 0 Å². The summed E-state index contributed by atoms with van der Waals surface area (Å²) >= 11 is 12.1. The maximum Gasteiger partial charge on any atom is 0.231 e. The number of hydrogen-bond acceptors (Lipinski definition) is 2. The maximum absolute atomic E-state index is 12.3. The van der Waals surface area contributed by atoms with E-state index in [0.29, 0.717) is 6.42 Å². The van der Waals surface area contributed by atoms with E-state index < -0.39 is 9.75 Å². The molecule has 1 saturated heterocycles. The van der Waals surface area contributed by atoms with Crippen molar-refractivity contribution < 1.29 is 4.79 Å². The highest BCUT2D eigenvalue weighted by molar-refractivity contribution is 6.53. The highest BCUT2D eigenvalue weighted by atomic mass is 35.5. The highest BCUT2D eigenvalue weighted by Gasteiger charge is 2.68. The summed E-state index contributed by atoms with van der Waals surface area (Å²) in [6, 6.07) is 0. The number of carbonyl (C=O) groups excluding carboxylic acids is 1. The third kappa shape index (κ3) is 2.33. The molecule has 1 amide bonds. The predicted molar refractivity (Wildman–Crippen MR) is 70.4 cm³/mol. The van der Waals surface area contributed by atoms with Gasteiger partial charge in [0.2, 0.25) is 5.91 Å². The summed E-state index contributed by atoms with van der Waals surface area (Å²) in [6.45, 7) is 9.76. The Bertz CT molecular complexity index is 337. The number of halogens is 2. The fraction of sp³-hybridized carbons (Fsp3) is 0.750. The molecule has 1 atom stereocenters. The van der Waals surface area contributed by atoms with Gasteiger partial charge in [0.25, 0.3) is 0 Å². The van der Waals surface area contributed by atoms with Gasteiger partial charge in [-0.25, -0.2) is 0 Å². The van der Waals surface area contributed by atoms with Gasteiger partial charge in [0.1, 0.15) is 4.33 Å². The minimum Gasteiger partial charge on any atom is -0.340 e. The Morgan fingerprint density at radius 2 is 1.88 bits per heavy atom. The van der Waals surface area contributed by atoms with Crippen LogP contribution in [0, 0.1) is 5.41 Å². The van der Waals surface area contributed by atoms with E-state index in [0.717, 1.165) is 32.7 Å². The molecular weight excluding hydrogens is 259 g/mol. The molecule has 0 N–H and O–H groups in total. The van der Waals surface area contributed by atoms with Crippen LogP contribution in [0.15, 0.2) is 12.7 Å². The maximum atomic E-state index is 12.3. The smallest absolute Gasteiger partial charge is 0.231 e. The molecule has 1 aliphatic carbocycles. The van der Waals surface area contributed by atoms with Crippen LogP contribution in [-0.4, -0.2) is 52.8 Å². The minimum atomic E-state index is -0.859. The lowest BCUT2D eigenvalue weighted by molar-refractivity contribution is -0.138. The first-order valence-electron chi connectivity index (χ1n) is 5.91. The van der Waals surface area contributed by atoms with E-state index in [4.69, 9.17) is 23.2 Å². The lowest BCUT2D eigenvalue weighted by atomic mass is 10.1. The highest BCUT2D eigenvalue weighted by Crippen LogP contribution is 2.64. The summed E-state index contributed by atoms with van der Waals surface area (Å²) in [5.41, 5.74) is -0.573. The number of nitrogens with zero attached hydrogens (tertiary/aromatic N) is 2. The summed E-state index contributed by atoms with van der Waals surface area (Å²) in [7, 11) is 0. The van der Waals surface area contributed by atoms with E-state index in [1.54, 1.807) is 0 Å². The van der Waals surface area contributed by atoms with Crippen molar-refractivity contribution in [2.45, 2.75) is 17.7 Å². The van der Waals surface area contributed by atoms with Crippen LogP contribution in [0.3, 0.4) is 0 Å². The molecule has 5 heteroatoms. The van der Waals surface area contributed by atoms with E-state index in [1.165, 1.54) is 0 Å². The van der Waals surface area contributed by atoms with Crippen molar-refractivity contribution in [1.29, 1.82) is 0 Å². The van der Waals surface area contributed by atoms with Crippen molar-refractivity contribution in [3.63, 3.8) is 0 Å². The largest absolute Gasteiger partial charge is 0.340 e. The van der Waals surface area contributed by atoms with E-state index in [9.17, 15) is 4.79 Å². The van der Waals surface area contributed by atoms with Crippen LogP contribution < -0.4 is 0 Å². The third-order valence-electron chi connectivity index (χ3n) is 3.78. The van der Waals surface area contributed by atoms with Gasteiger partial charge in [-0.05, 0) is 13.3 Å². The quantitative estimate of drug-likeness (QED) is 0.581. The summed E-state index contributed by atoms with van der Waals surface area (Å²) in [5, 5.41) is 0. The molecule has 96 valence electrons. The molecule has 0 bridgehead atoms. The molecule has 0 unspecified atom stereocenters. The molecule has 17 heavy (non-hydrogen) atoms. The molecular formula is C12H18Cl2N2O. The Kier molecular flexibility index (Phi) is 3.45. The second kappa shape index (κ2) is 4.45. The molecule has 0 aromatic heterocycles. The zero-order chi connectivity index (χ0) is 12.7. The Morgan fingerprint density at radius 3 is 2.29 bits per heavy atom. The first kappa shape index (κ1) is 13.2. The van der Waals surface area contributed by atoms with Gasteiger partial charge in [-0.2, -0.15) is 0 Å². The van der Waals surface area contributed by atoms with Crippen molar-refractivity contribution in [3.8, 4) is 0 Å². The summed E-state index contributed by atoms with van der Waals surface area (Å²) in [5.74, 6) is 0.0979. The molecule has 1 saturated carbocycles. The van der Waals surface area contributed by atoms with Crippen molar-refractivity contribution in [3.05, 3.63) is 12.7 Å². The molecule has 1 aliphatic heterocycles. The van der Waals surface area contributed by atoms with Crippen LogP contribution >= 0.6 is 23.2 Å². The van der Waals surface area contributed by atoms with Gasteiger partial charge in [-0.3, -0.25) is 9.69 Å². The second-order valence-electron chi connectivity index (χ2n) is 5.09. The lowest BCUT2D eigenvalue weighted by Gasteiger charge is -2.35. The zero-order valence-electron chi connectivity index (χ0n) is 10.1. The fourth-order valence-corrected chi connectivity index (χ4v) is 2.99. The molecule has 3 nitrogen and oxygen atoms in total. The van der Waals surface area contributed by atoms with Gasteiger partial charge in [-0.1, -0.05) is 6.08 Å². The predicted octanol–water partition coefficient (Wildman–Crippen LogP) is 1.90. The first-order valence-corrected chi connectivity index (χ1v) is 6.67. The molecule has 1 heterocycles. The number of carbonyl (C=O) groups is 1. The number of rotatable bonds is 3. The van der Waals surface area contributed by atoms with Crippen molar-refractivity contribution >= 4 is 29.1 Å². The van der Waals surface area contributed by atoms with Gasteiger partial charge in [0.15, 0.2) is 0 Å². The molecule has 2 rings (SSSR count). The normalized spacial score (nSPS) is 32.3. The Labute approximate surface area is 112 Å². The second-order valence-corrected chi connectivity index (χ2v) is 6.58. The first-order chi connectivity index (χ1) is 7.90. The number of hydrogen-bond donors (Lipinski definition) is 0. The summed E-state index contributed by atoms with van der Waals surface area (Å²) in [4.78, 5) is 16.4. The van der Waals surface area contributed by atoms with Crippen LogP contribution in [0.1, 0.15) is 13.3 Å². The van der Waals surface area contributed by atoms with Gasteiger partial charge >= 0.3 is 0 Å². The molecule has 0 aromatic rings. The molecule has 2 fully saturated rings. The van der Waals surface area contributed by atoms with E-state index in [2.05, 4.69) is 11.5 Å².